The molecule has 4 aliphatic rings. The largest absolute Gasteiger partial charge is 1.00 e. The molecule has 1 saturated carbocycles. The Labute approximate surface area is 287 Å². The Morgan fingerprint density at radius 2 is 0.911 bits per heavy atom. The average molecular weight is 798 g/mol. The molecule has 0 spiro atoms. The van der Waals surface area contributed by atoms with Crippen LogP contribution in [0.4, 0.5) is 0 Å². The number of hydrogen-bond acceptors (Lipinski definition) is 0. The Morgan fingerprint density at radius 3 is 1.29 bits per heavy atom. The van der Waals surface area contributed by atoms with Gasteiger partial charge < -0.3 is 24.8 Å². The van der Waals surface area contributed by atoms with Crippen LogP contribution in [-0.2, 0) is 20.0 Å². The SMILES string of the molecule is CC(C)C1=Cc2c(-c3ccccc3)cccc2[CH]1[Hf+2]1([CH]2C(C(C)C)=Cc3c(-c4ccccc4)cccc32)[CH]2CCCC[CH]21.[Cl-].[Cl-]. The molecule has 8 rings (SSSR count). The van der Waals surface area contributed by atoms with Gasteiger partial charge in [0.15, 0.2) is 0 Å². The van der Waals surface area contributed by atoms with Crippen molar-refractivity contribution < 1.29 is 44.8 Å². The van der Waals surface area contributed by atoms with Gasteiger partial charge in [-0.05, 0) is 0 Å². The maximum atomic E-state index is 2.69. The van der Waals surface area contributed by atoms with Crippen LogP contribution in [0.1, 0.15) is 83.0 Å². The second-order valence-corrected chi connectivity index (χ2v) is 31.0. The summed E-state index contributed by atoms with van der Waals surface area (Å²) in [6.45, 7) is 9.93. The predicted octanol–water partition coefficient (Wildman–Crippen LogP) is 6.24. The Hall–Kier alpha value is -2.19. The summed E-state index contributed by atoms with van der Waals surface area (Å²) in [6.07, 6.45) is 11.2. The van der Waals surface area contributed by atoms with Crippen LogP contribution in [0.5, 0.6) is 0 Å². The number of fused-ring (bicyclic) bond motifs is 3. The molecular weight excluding hydrogens is 754 g/mol. The van der Waals surface area contributed by atoms with E-state index in [1.54, 1.807) is 22.3 Å². The number of rotatable bonds is 6. The van der Waals surface area contributed by atoms with Crippen molar-refractivity contribution in [2.24, 2.45) is 11.8 Å². The van der Waals surface area contributed by atoms with E-state index in [-0.39, 0.29) is 24.8 Å². The van der Waals surface area contributed by atoms with Crippen molar-refractivity contribution in [2.75, 3.05) is 0 Å². The van der Waals surface area contributed by atoms with Gasteiger partial charge in [-0.3, -0.25) is 0 Å². The monoisotopic (exact) mass is 798 g/mol. The van der Waals surface area contributed by atoms with Crippen molar-refractivity contribution >= 4 is 12.2 Å². The van der Waals surface area contributed by atoms with E-state index in [2.05, 4.69) is 137 Å². The van der Waals surface area contributed by atoms with Crippen molar-refractivity contribution in [1.82, 2.24) is 0 Å². The summed E-state index contributed by atoms with van der Waals surface area (Å²) in [6, 6.07) is 36.9. The van der Waals surface area contributed by atoms with Gasteiger partial charge in [-0.2, -0.15) is 0 Å². The third kappa shape index (κ3) is 5.03. The smallest absolute Gasteiger partial charge is 1.00 e. The maximum Gasteiger partial charge on any atom is -1.00 e. The zero-order valence-electron chi connectivity index (χ0n) is 26.9. The van der Waals surface area contributed by atoms with Crippen molar-refractivity contribution in [2.45, 2.75) is 68.1 Å². The molecule has 0 N–H and O–H groups in total. The molecule has 1 saturated heterocycles. The fraction of sp³-hybridized carbons (Fsp3) is 0.333. The van der Waals surface area contributed by atoms with Crippen LogP contribution in [0.25, 0.3) is 34.4 Å². The predicted molar refractivity (Wildman–Crippen MR) is 181 cm³/mol. The summed E-state index contributed by atoms with van der Waals surface area (Å²) in [7, 11) is 0. The molecule has 3 aliphatic carbocycles. The molecule has 0 bridgehead atoms. The first-order valence-corrected chi connectivity index (χ1v) is 25.1. The summed E-state index contributed by atoms with van der Waals surface area (Å²) >= 11 is -3.22. The van der Waals surface area contributed by atoms with E-state index in [1.807, 2.05) is 0 Å². The average Bonchev–Trinajstić information content (AvgIpc) is 3.32. The third-order valence-electron chi connectivity index (χ3n) is 11.6. The van der Waals surface area contributed by atoms with Crippen LogP contribution in [0.2, 0.25) is 7.35 Å². The molecule has 4 aromatic rings. The zero-order chi connectivity index (χ0) is 29.3. The maximum absolute atomic E-state index is 3.22. The minimum Gasteiger partial charge on any atom is -1.00 e. The van der Waals surface area contributed by atoms with Gasteiger partial charge in [-0.1, -0.05) is 0 Å². The first-order chi connectivity index (χ1) is 21.0. The van der Waals surface area contributed by atoms with Crippen LogP contribution >= 0.6 is 0 Å². The van der Waals surface area contributed by atoms with E-state index in [1.165, 1.54) is 59.1 Å². The number of benzene rings is 4. The summed E-state index contributed by atoms with van der Waals surface area (Å²) in [5, 5.41) is 0. The molecular formula is C42H44Cl2Hf. The fourth-order valence-corrected chi connectivity index (χ4v) is 46.3. The fourth-order valence-electron chi connectivity index (χ4n) is 9.95. The summed E-state index contributed by atoms with van der Waals surface area (Å²) < 4.78 is 3.41. The van der Waals surface area contributed by atoms with Gasteiger partial charge in [0.05, 0.1) is 0 Å². The van der Waals surface area contributed by atoms with Crippen molar-refractivity contribution in [1.29, 1.82) is 0 Å². The molecule has 45 heavy (non-hydrogen) atoms. The van der Waals surface area contributed by atoms with Gasteiger partial charge in [0.25, 0.3) is 0 Å². The zero-order valence-corrected chi connectivity index (χ0v) is 32.0. The second-order valence-electron chi connectivity index (χ2n) is 14.3. The van der Waals surface area contributed by atoms with E-state index in [0.717, 1.165) is 7.35 Å². The molecule has 0 radical (unpaired) electrons. The van der Waals surface area contributed by atoms with Gasteiger partial charge in [0.2, 0.25) is 0 Å². The summed E-state index contributed by atoms with van der Waals surface area (Å²) in [5.41, 5.74) is 15.6. The number of allylic oxidation sites excluding steroid dienone is 2. The Bertz CT molecular complexity index is 1620. The molecule has 0 nitrogen and oxygen atoms in total. The van der Waals surface area contributed by atoms with Gasteiger partial charge >= 0.3 is 265 Å². The quantitative estimate of drug-likeness (QED) is 0.203. The standard InChI is InChI=1S/2C18H17.C6H10.2ClH.Hf/c2*1-13(2)16-11-15-9-6-10-17(18(15)12-16)14-7-4-3-5-8-14;1-2-4-6-5-3-1;;;/h2*3-13H,1-2H3;1-2H,3-6H2;2*1H;/q;;;;;+2/p-2. The second kappa shape index (κ2) is 12.8. The molecule has 230 valence electrons. The van der Waals surface area contributed by atoms with E-state index in [9.17, 15) is 0 Å². The molecule has 0 aromatic heterocycles. The first-order valence-electron chi connectivity index (χ1n) is 16.8. The van der Waals surface area contributed by atoms with Gasteiger partial charge in [0.1, 0.15) is 0 Å². The third-order valence-corrected chi connectivity index (χ3v) is 36.3. The number of hydrogen-bond donors (Lipinski definition) is 0. The first kappa shape index (κ1) is 32.7. The molecule has 4 unspecified atom stereocenters. The number of halogens is 2. The summed E-state index contributed by atoms with van der Waals surface area (Å²) in [5.74, 6) is 1.15. The molecule has 1 aliphatic heterocycles. The van der Waals surface area contributed by atoms with Crippen LogP contribution in [0.3, 0.4) is 0 Å². The van der Waals surface area contributed by atoms with Crippen LogP contribution in [-0.4, -0.2) is 0 Å². The van der Waals surface area contributed by atoms with Gasteiger partial charge in [-0.15, -0.1) is 0 Å². The molecule has 1 heterocycles. The molecule has 0 amide bonds. The molecule has 3 heteroatoms. The Kier molecular flexibility index (Phi) is 9.30. The summed E-state index contributed by atoms with van der Waals surface area (Å²) in [4.78, 5) is 0. The molecule has 4 aromatic carbocycles. The molecule has 4 atom stereocenters. The van der Waals surface area contributed by atoms with Crippen molar-refractivity contribution in [3.8, 4) is 22.3 Å². The Balaban J connectivity index is 0.00000179. The van der Waals surface area contributed by atoms with E-state index in [0.29, 0.717) is 19.2 Å². The van der Waals surface area contributed by atoms with Crippen LogP contribution < -0.4 is 24.8 Å². The minimum absolute atomic E-state index is 0. The normalized spacial score (nSPS) is 24.4. The van der Waals surface area contributed by atoms with E-state index >= 15 is 0 Å². The van der Waals surface area contributed by atoms with Gasteiger partial charge in [-0.25, -0.2) is 0 Å². The van der Waals surface area contributed by atoms with Gasteiger partial charge in [0, 0.05) is 0 Å². The Morgan fingerprint density at radius 1 is 0.511 bits per heavy atom. The van der Waals surface area contributed by atoms with E-state index in [4.69, 9.17) is 0 Å². The van der Waals surface area contributed by atoms with Crippen molar-refractivity contribution in [3.63, 3.8) is 0 Å². The van der Waals surface area contributed by atoms with Crippen LogP contribution in [0, 0.1) is 11.8 Å². The minimum atomic E-state index is -3.22. The van der Waals surface area contributed by atoms with E-state index < -0.39 is 20.0 Å². The van der Waals surface area contributed by atoms with Crippen LogP contribution in [0.15, 0.2) is 108 Å². The van der Waals surface area contributed by atoms with Crippen molar-refractivity contribution in [3.05, 3.63) is 130 Å². The molecule has 2 fully saturated rings. The topological polar surface area (TPSA) is 0 Å².